The molecule has 0 radical (unpaired) electrons. The fourth-order valence-electron chi connectivity index (χ4n) is 2.16. The Kier molecular flexibility index (Phi) is 5.39. The number of unbranched alkanes of at least 4 members (excludes halogenated alkanes) is 2. The van der Waals surface area contributed by atoms with Crippen LogP contribution in [-0.4, -0.2) is 15.5 Å². The lowest BCUT2D eigenvalue weighted by Gasteiger charge is -2.28. The van der Waals surface area contributed by atoms with Gasteiger partial charge in [0.2, 0.25) is 5.91 Å². The van der Waals surface area contributed by atoms with E-state index < -0.39 is 0 Å². The summed E-state index contributed by atoms with van der Waals surface area (Å²) in [5.74, 6) is 0.192. The highest BCUT2D eigenvalue weighted by atomic mass is 16.2. The molecule has 0 amide bonds. The highest BCUT2D eigenvalue weighted by Gasteiger charge is 2.32. The fourth-order valence-corrected chi connectivity index (χ4v) is 2.16. The van der Waals surface area contributed by atoms with Crippen LogP contribution in [0.1, 0.15) is 64.1 Å². The molecule has 0 aliphatic heterocycles. The quantitative estimate of drug-likeness (QED) is 0.719. The van der Waals surface area contributed by atoms with Crippen LogP contribution in [0.2, 0.25) is 0 Å². The molecule has 1 aromatic rings. The Hall–Kier alpha value is -1.12. The minimum Gasteiger partial charge on any atom is -0.276 e. The van der Waals surface area contributed by atoms with Crippen molar-refractivity contribution in [2.75, 3.05) is 0 Å². The second-order valence-electron chi connectivity index (χ2n) is 5.04. The summed E-state index contributed by atoms with van der Waals surface area (Å²) in [6.07, 6.45) is 11.5. The number of nitrogens with zero attached hydrogens (tertiary/aromatic N) is 2. The van der Waals surface area contributed by atoms with E-state index >= 15 is 0 Å². The average molecular weight is 236 g/mol. The van der Waals surface area contributed by atoms with Gasteiger partial charge in [-0.15, -0.1) is 0 Å². The van der Waals surface area contributed by atoms with Crippen LogP contribution in [0.3, 0.4) is 0 Å². The Morgan fingerprint density at radius 1 is 1.24 bits per heavy atom. The van der Waals surface area contributed by atoms with E-state index in [-0.39, 0.29) is 11.3 Å². The van der Waals surface area contributed by atoms with Crippen molar-refractivity contribution in [1.29, 1.82) is 0 Å². The Balaban J connectivity index is 2.77. The molecule has 0 aromatic carbocycles. The molecule has 3 heteroatoms. The summed E-state index contributed by atoms with van der Waals surface area (Å²) in [5, 5.41) is 0. The fraction of sp³-hybridized carbons (Fsp3) is 0.714. The van der Waals surface area contributed by atoms with Crippen LogP contribution < -0.4 is 0 Å². The van der Waals surface area contributed by atoms with Gasteiger partial charge in [0.25, 0.3) is 0 Å². The number of carbonyl (C=O) groups excluding carboxylic acids is 1. The second kappa shape index (κ2) is 6.58. The molecule has 0 aliphatic carbocycles. The van der Waals surface area contributed by atoms with E-state index in [4.69, 9.17) is 0 Å². The molecule has 0 saturated heterocycles. The van der Waals surface area contributed by atoms with E-state index in [0.717, 1.165) is 38.5 Å². The third kappa shape index (κ3) is 3.69. The molecule has 0 saturated carbocycles. The zero-order valence-corrected chi connectivity index (χ0v) is 11.3. The van der Waals surface area contributed by atoms with Gasteiger partial charge in [-0.25, -0.2) is 4.98 Å². The Labute approximate surface area is 104 Å². The molecule has 0 spiro atoms. The van der Waals surface area contributed by atoms with Gasteiger partial charge in [0.15, 0.2) is 0 Å². The predicted octanol–water partition coefficient (Wildman–Crippen LogP) is 3.91. The van der Waals surface area contributed by atoms with Gasteiger partial charge < -0.3 is 0 Å². The Morgan fingerprint density at radius 3 is 2.24 bits per heavy atom. The van der Waals surface area contributed by atoms with E-state index in [9.17, 15) is 4.79 Å². The van der Waals surface area contributed by atoms with Crippen LogP contribution in [0.5, 0.6) is 0 Å². The maximum atomic E-state index is 12.5. The number of rotatable bonds is 7. The molecular weight excluding hydrogens is 212 g/mol. The largest absolute Gasteiger partial charge is 0.276 e. The maximum Gasteiger partial charge on any atom is 0.237 e. The Bertz CT molecular complexity index is 322. The summed E-state index contributed by atoms with van der Waals surface area (Å²) < 4.78 is 1.63. The van der Waals surface area contributed by atoms with E-state index in [1.807, 2.05) is 0 Å². The first kappa shape index (κ1) is 13.9. The van der Waals surface area contributed by atoms with Gasteiger partial charge in [-0.1, -0.05) is 46.5 Å². The Morgan fingerprint density at radius 2 is 1.82 bits per heavy atom. The van der Waals surface area contributed by atoms with Gasteiger partial charge in [-0.2, -0.15) is 0 Å². The van der Waals surface area contributed by atoms with Crippen molar-refractivity contribution in [2.24, 2.45) is 5.41 Å². The molecular formula is C14H24N2O. The summed E-state index contributed by atoms with van der Waals surface area (Å²) in [4.78, 5) is 16.4. The lowest BCUT2D eigenvalue weighted by atomic mass is 9.79. The van der Waals surface area contributed by atoms with Gasteiger partial charge in [0.1, 0.15) is 6.33 Å². The number of hydrogen-bond donors (Lipinski definition) is 0. The number of aromatic nitrogens is 2. The molecule has 1 aromatic heterocycles. The van der Waals surface area contributed by atoms with Crippen LogP contribution >= 0.6 is 0 Å². The molecule has 0 fully saturated rings. The summed E-state index contributed by atoms with van der Waals surface area (Å²) in [6, 6.07) is 0. The number of carbonyl (C=O) groups is 1. The van der Waals surface area contributed by atoms with E-state index in [0.29, 0.717) is 0 Å². The third-order valence-electron chi connectivity index (χ3n) is 3.42. The first-order valence-corrected chi connectivity index (χ1v) is 6.67. The van der Waals surface area contributed by atoms with Gasteiger partial charge >= 0.3 is 0 Å². The van der Waals surface area contributed by atoms with Gasteiger partial charge in [-0.3, -0.25) is 9.36 Å². The van der Waals surface area contributed by atoms with Crippen molar-refractivity contribution in [1.82, 2.24) is 9.55 Å². The predicted molar refractivity (Wildman–Crippen MR) is 70.0 cm³/mol. The lowest BCUT2D eigenvalue weighted by Crippen LogP contribution is -2.32. The van der Waals surface area contributed by atoms with Crippen molar-refractivity contribution in [3.8, 4) is 0 Å². The number of imidazole rings is 1. The molecule has 1 heterocycles. The molecule has 0 aliphatic rings. The molecule has 0 unspecified atom stereocenters. The first-order chi connectivity index (χ1) is 8.14. The smallest absolute Gasteiger partial charge is 0.237 e. The van der Waals surface area contributed by atoms with Crippen molar-refractivity contribution in [3.63, 3.8) is 0 Å². The van der Waals surface area contributed by atoms with Gasteiger partial charge in [0, 0.05) is 17.8 Å². The second-order valence-corrected chi connectivity index (χ2v) is 5.04. The maximum absolute atomic E-state index is 12.5. The zero-order valence-electron chi connectivity index (χ0n) is 11.3. The normalized spacial score (nSPS) is 11.7. The molecule has 1 rings (SSSR count). The summed E-state index contributed by atoms with van der Waals surface area (Å²) in [5.41, 5.74) is -0.229. The number of hydrogen-bond acceptors (Lipinski definition) is 2. The summed E-state index contributed by atoms with van der Waals surface area (Å²) >= 11 is 0. The van der Waals surface area contributed by atoms with E-state index in [1.54, 1.807) is 23.3 Å². The van der Waals surface area contributed by atoms with Gasteiger partial charge in [-0.05, 0) is 12.8 Å². The van der Waals surface area contributed by atoms with E-state index in [2.05, 4.69) is 25.8 Å². The van der Waals surface area contributed by atoms with Crippen LogP contribution in [0.4, 0.5) is 0 Å². The molecule has 17 heavy (non-hydrogen) atoms. The monoisotopic (exact) mass is 236 g/mol. The minimum atomic E-state index is -0.229. The van der Waals surface area contributed by atoms with Crippen LogP contribution in [0.25, 0.3) is 0 Å². The van der Waals surface area contributed by atoms with Crippen molar-refractivity contribution < 1.29 is 4.79 Å². The SMILES string of the molecule is CCCCC(C)(CCCC)C(=O)n1ccnc1. The highest BCUT2D eigenvalue weighted by molar-refractivity contribution is 5.84. The molecule has 0 atom stereocenters. The van der Waals surface area contributed by atoms with Crippen LogP contribution in [0.15, 0.2) is 18.7 Å². The standard InChI is InChI=1S/C14H24N2O/c1-4-6-8-14(3,9-7-5-2)13(17)16-11-10-15-12-16/h10-12H,4-9H2,1-3H3. The van der Waals surface area contributed by atoms with E-state index in [1.165, 1.54) is 0 Å². The molecule has 96 valence electrons. The zero-order chi connectivity index (χ0) is 12.7. The van der Waals surface area contributed by atoms with Crippen LogP contribution in [0, 0.1) is 5.41 Å². The molecule has 0 N–H and O–H groups in total. The van der Waals surface area contributed by atoms with Crippen molar-refractivity contribution >= 4 is 5.91 Å². The third-order valence-corrected chi connectivity index (χ3v) is 3.42. The molecule has 0 bridgehead atoms. The average Bonchev–Trinajstić information content (AvgIpc) is 2.86. The molecule has 3 nitrogen and oxygen atoms in total. The van der Waals surface area contributed by atoms with Crippen molar-refractivity contribution in [3.05, 3.63) is 18.7 Å². The van der Waals surface area contributed by atoms with Crippen LogP contribution in [-0.2, 0) is 0 Å². The first-order valence-electron chi connectivity index (χ1n) is 6.67. The van der Waals surface area contributed by atoms with Crippen molar-refractivity contribution in [2.45, 2.75) is 59.3 Å². The lowest BCUT2D eigenvalue weighted by molar-refractivity contribution is 0.0682. The topological polar surface area (TPSA) is 34.9 Å². The minimum absolute atomic E-state index is 0.192. The summed E-state index contributed by atoms with van der Waals surface area (Å²) in [7, 11) is 0. The van der Waals surface area contributed by atoms with Gasteiger partial charge in [0.05, 0.1) is 0 Å². The summed E-state index contributed by atoms with van der Waals surface area (Å²) in [6.45, 7) is 6.44. The highest BCUT2D eigenvalue weighted by Crippen LogP contribution is 2.32.